The summed E-state index contributed by atoms with van der Waals surface area (Å²) >= 11 is 0. The van der Waals surface area contributed by atoms with E-state index >= 15 is 0 Å². The monoisotopic (exact) mass is 208 g/mol. The van der Waals surface area contributed by atoms with E-state index in [0.29, 0.717) is 11.7 Å². The first kappa shape index (κ1) is 11.2. The molecule has 1 nitrogen and oxygen atoms in total. The van der Waals surface area contributed by atoms with Gasteiger partial charge in [-0.3, -0.25) is 4.79 Å². The lowest BCUT2D eigenvalue weighted by atomic mass is 9.72. The summed E-state index contributed by atoms with van der Waals surface area (Å²) in [4.78, 5) is 12.1. The summed E-state index contributed by atoms with van der Waals surface area (Å²) < 4.78 is 0. The van der Waals surface area contributed by atoms with E-state index in [4.69, 9.17) is 0 Å². The van der Waals surface area contributed by atoms with Crippen LogP contribution in [0, 0.1) is 23.7 Å². The molecule has 0 N–H and O–H groups in total. The standard InChI is InChI=1S/C14H24O/c1-10-6-11(2)8-13(7-10)14(15)9-12-4-3-5-12/h10-13H,3-9H2,1-2H3. The summed E-state index contributed by atoms with van der Waals surface area (Å²) in [6.45, 7) is 4.61. The molecule has 0 amide bonds. The summed E-state index contributed by atoms with van der Waals surface area (Å²) in [5, 5.41) is 0. The van der Waals surface area contributed by atoms with E-state index in [1.165, 1.54) is 25.7 Å². The Balaban J connectivity index is 1.82. The lowest BCUT2D eigenvalue weighted by Gasteiger charge is -2.32. The van der Waals surface area contributed by atoms with Crippen molar-refractivity contribution in [3.63, 3.8) is 0 Å². The molecule has 86 valence electrons. The second-order valence-electron chi connectivity index (χ2n) is 6.08. The van der Waals surface area contributed by atoms with Crippen LogP contribution in [0.5, 0.6) is 0 Å². The van der Waals surface area contributed by atoms with Crippen molar-refractivity contribution in [3.05, 3.63) is 0 Å². The van der Waals surface area contributed by atoms with E-state index in [0.717, 1.165) is 37.0 Å². The maximum Gasteiger partial charge on any atom is 0.136 e. The van der Waals surface area contributed by atoms with E-state index in [-0.39, 0.29) is 0 Å². The molecule has 0 spiro atoms. The fourth-order valence-electron chi connectivity index (χ4n) is 3.36. The van der Waals surface area contributed by atoms with E-state index in [1.54, 1.807) is 0 Å². The van der Waals surface area contributed by atoms with Crippen molar-refractivity contribution < 1.29 is 4.79 Å². The van der Waals surface area contributed by atoms with Crippen molar-refractivity contribution in [1.82, 2.24) is 0 Å². The van der Waals surface area contributed by atoms with Crippen LogP contribution in [0.15, 0.2) is 0 Å². The second kappa shape index (κ2) is 4.67. The molecular weight excluding hydrogens is 184 g/mol. The molecule has 15 heavy (non-hydrogen) atoms. The Labute approximate surface area is 93.6 Å². The topological polar surface area (TPSA) is 17.1 Å². The van der Waals surface area contributed by atoms with Crippen LogP contribution in [0.3, 0.4) is 0 Å². The van der Waals surface area contributed by atoms with Gasteiger partial charge in [0.25, 0.3) is 0 Å². The number of hydrogen-bond donors (Lipinski definition) is 0. The SMILES string of the molecule is CC1CC(C)CC(C(=O)CC2CCC2)C1. The Kier molecular flexibility index (Phi) is 3.48. The first-order valence-electron chi connectivity index (χ1n) is 6.68. The molecule has 1 heteroatoms. The zero-order chi connectivity index (χ0) is 10.8. The summed E-state index contributed by atoms with van der Waals surface area (Å²) in [6, 6.07) is 0. The summed E-state index contributed by atoms with van der Waals surface area (Å²) in [5.41, 5.74) is 0. The first-order valence-corrected chi connectivity index (χ1v) is 6.68. The lowest BCUT2D eigenvalue weighted by Crippen LogP contribution is -2.28. The Morgan fingerprint density at radius 2 is 1.67 bits per heavy atom. The molecule has 2 unspecified atom stereocenters. The van der Waals surface area contributed by atoms with Crippen molar-refractivity contribution in [2.45, 2.75) is 58.8 Å². The summed E-state index contributed by atoms with van der Waals surface area (Å²) in [6.07, 6.45) is 8.52. The predicted octanol–water partition coefficient (Wildman–Crippen LogP) is 3.82. The lowest BCUT2D eigenvalue weighted by molar-refractivity contribution is -0.126. The largest absolute Gasteiger partial charge is 0.299 e. The van der Waals surface area contributed by atoms with Crippen molar-refractivity contribution in [3.8, 4) is 0 Å². The highest BCUT2D eigenvalue weighted by molar-refractivity contribution is 5.81. The Bertz CT molecular complexity index is 219. The molecular formula is C14H24O. The maximum absolute atomic E-state index is 12.1. The molecule has 0 aliphatic heterocycles. The van der Waals surface area contributed by atoms with Crippen LogP contribution < -0.4 is 0 Å². The smallest absolute Gasteiger partial charge is 0.136 e. The normalized spacial score (nSPS) is 37.3. The fraction of sp³-hybridized carbons (Fsp3) is 0.929. The van der Waals surface area contributed by atoms with Crippen molar-refractivity contribution >= 4 is 5.78 Å². The molecule has 0 aromatic carbocycles. The van der Waals surface area contributed by atoms with Crippen molar-refractivity contribution in [2.24, 2.45) is 23.7 Å². The van der Waals surface area contributed by atoms with Crippen LogP contribution in [0.2, 0.25) is 0 Å². The number of ketones is 1. The van der Waals surface area contributed by atoms with Gasteiger partial charge in [-0.1, -0.05) is 33.1 Å². The van der Waals surface area contributed by atoms with Gasteiger partial charge in [-0.25, -0.2) is 0 Å². The molecule has 2 aliphatic rings. The highest BCUT2D eigenvalue weighted by atomic mass is 16.1. The van der Waals surface area contributed by atoms with Crippen LogP contribution >= 0.6 is 0 Å². The van der Waals surface area contributed by atoms with Crippen LogP contribution in [-0.4, -0.2) is 5.78 Å². The van der Waals surface area contributed by atoms with E-state index in [1.807, 2.05) is 0 Å². The molecule has 0 aromatic heterocycles. The molecule has 2 atom stereocenters. The van der Waals surface area contributed by atoms with Gasteiger partial charge in [-0.2, -0.15) is 0 Å². The third-order valence-corrected chi connectivity index (χ3v) is 4.35. The fourth-order valence-corrected chi connectivity index (χ4v) is 3.36. The molecule has 0 radical (unpaired) electrons. The zero-order valence-electron chi connectivity index (χ0n) is 10.2. The predicted molar refractivity (Wildman–Crippen MR) is 62.6 cm³/mol. The van der Waals surface area contributed by atoms with Gasteiger partial charge in [0.1, 0.15) is 5.78 Å². The van der Waals surface area contributed by atoms with Gasteiger partial charge < -0.3 is 0 Å². The Hall–Kier alpha value is -0.330. The van der Waals surface area contributed by atoms with E-state index < -0.39 is 0 Å². The molecule has 2 saturated carbocycles. The average molecular weight is 208 g/mol. The number of hydrogen-bond acceptors (Lipinski definition) is 1. The van der Waals surface area contributed by atoms with Crippen LogP contribution in [0.1, 0.15) is 58.8 Å². The van der Waals surface area contributed by atoms with Crippen LogP contribution in [0.4, 0.5) is 0 Å². The number of carbonyl (C=O) groups is 1. The molecule has 0 heterocycles. The number of Topliss-reactive ketones (excluding diaryl/α,β-unsaturated/α-hetero) is 1. The molecule has 0 bridgehead atoms. The van der Waals surface area contributed by atoms with Gasteiger partial charge in [0, 0.05) is 12.3 Å². The minimum Gasteiger partial charge on any atom is -0.299 e. The van der Waals surface area contributed by atoms with Crippen molar-refractivity contribution in [2.75, 3.05) is 0 Å². The highest BCUT2D eigenvalue weighted by Gasteiger charge is 2.31. The van der Waals surface area contributed by atoms with Crippen LogP contribution in [0.25, 0.3) is 0 Å². The highest BCUT2D eigenvalue weighted by Crippen LogP contribution is 2.37. The Morgan fingerprint density at radius 3 is 2.13 bits per heavy atom. The molecule has 0 saturated heterocycles. The van der Waals surface area contributed by atoms with Crippen LogP contribution in [-0.2, 0) is 4.79 Å². The molecule has 2 aliphatic carbocycles. The quantitative estimate of drug-likeness (QED) is 0.689. The average Bonchev–Trinajstić information content (AvgIpc) is 2.09. The maximum atomic E-state index is 12.1. The van der Waals surface area contributed by atoms with Gasteiger partial charge in [-0.15, -0.1) is 0 Å². The van der Waals surface area contributed by atoms with Gasteiger partial charge in [0.2, 0.25) is 0 Å². The first-order chi connectivity index (χ1) is 7.15. The second-order valence-corrected chi connectivity index (χ2v) is 6.08. The van der Waals surface area contributed by atoms with E-state index in [2.05, 4.69) is 13.8 Å². The minimum absolute atomic E-state index is 0.407. The van der Waals surface area contributed by atoms with Gasteiger partial charge in [-0.05, 0) is 37.0 Å². The summed E-state index contributed by atoms with van der Waals surface area (Å²) in [7, 11) is 0. The van der Waals surface area contributed by atoms with Gasteiger partial charge in [0.15, 0.2) is 0 Å². The Morgan fingerprint density at radius 1 is 1.07 bits per heavy atom. The minimum atomic E-state index is 0.407. The third-order valence-electron chi connectivity index (χ3n) is 4.35. The summed E-state index contributed by atoms with van der Waals surface area (Å²) in [5.74, 6) is 3.28. The third kappa shape index (κ3) is 2.83. The van der Waals surface area contributed by atoms with E-state index in [9.17, 15) is 4.79 Å². The molecule has 0 aromatic rings. The van der Waals surface area contributed by atoms with Crippen molar-refractivity contribution in [1.29, 1.82) is 0 Å². The number of carbonyl (C=O) groups excluding carboxylic acids is 1. The number of rotatable bonds is 3. The zero-order valence-corrected chi connectivity index (χ0v) is 10.2. The van der Waals surface area contributed by atoms with Gasteiger partial charge in [0.05, 0.1) is 0 Å². The molecule has 2 fully saturated rings. The molecule has 2 rings (SSSR count). The van der Waals surface area contributed by atoms with Gasteiger partial charge >= 0.3 is 0 Å².